The van der Waals surface area contributed by atoms with Crippen molar-refractivity contribution in [2.75, 3.05) is 0 Å². The Morgan fingerprint density at radius 1 is 1.14 bits per heavy atom. The van der Waals surface area contributed by atoms with Crippen LogP contribution in [-0.4, -0.2) is 0 Å². The van der Waals surface area contributed by atoms with Crippen LogP contribution in [0.15, 0.2) is 35.5 Å². The molecule has 0 nitrogen and oxygen atoms in total. The molecule has 0 aromatic rings. The summed E-state index contributed by atoms with van der Waals surface area (Å²) in [5.41, 5.74) is 4.45. The highest BCUT2D eigenvalue weighted by molar-refractivity contribution is 5.34. The van der Waals surface area contributed by atoms with E-state index in [2.05, 4.69) is 58.9 Å². The zero-order valence-corrected chi connectivity index (χ0v) is 15.3. The van der Waals surface area contributed by atoms with Crippen LogP contribution in [0.1, 0.15) is 79.6 Å². The van der Waals surface area contributed by atoms with Crippen LogP contribution in [-0.2, 0) is 0 Å². The summed E-state index contributed by atoms with van der Waals surface area (Å²) in [6.45, 7) is 12.5. The van der Waals surface area contributed by atoms with Crippen molar-refractivity contribution in [3.8, 4) is 0 Å². The molecule has 2 saturated carbocycles. The van der Waals surface area contributed by atoms with E-state index >= 15 is 0 Å². The summed E-state index contributed by atoms with van der Waals surface area (Å²) < 4.78 is 0. The molecule has 0 bridgehead atoms. The van der Waals surface area contributed by atoms with Crippen LogP contribution in [0.5, 0.6) is 0 Å². The first-order valence-corrected chi connectivity index (χ1v) is 9.41. The Kier molecular flexibility index (Phi) is 3.94. The SMILES string of the molecule is CCC=C1C=CCC2C1(C)CCC(C)(C=C1CCC1)C2(C)C. The van der Waals surface area contributed by atoms with Crippen molar-refractivity contribution in [3.05, 3.63) is 35.5 Å². The van der Waals surface area contributed by atoms with E-state index in [-0.39, 0.29) is 0 Å². The average molecular weight is 299 g/mol. The number of hydrogen-bond donors (Lipinski definition) is 0. The minimum Gasteiger partial charge on any atom is -0.0839 e. The lowest BCUT2D eigenvalue weighted by atomic mass is 9.43. The van der Waals surface area contributed by atoms with E-state index in [1.165, 1.54) is 38.5 Å². The summed E-state index contributed by atoms with van der Waals surface area (Å²) in [4.78, 5) is 0. The average Bonchev–Trinajstić information content (AvgIpc) is 2.42. The molecule has 0 heteroatoms. The fourth-order valence-corrected chi connectivity index (χ4v) is 5.39. The monoisotopic (exact) mass is 298 g/mol. The van der Waals surface area contributed by atoms with E-state index in [1.54, 1.807) is 11.1 Å². The zero-order valence-electron chi connectivity index (χ0n) is 15.3. The van der Waals surface area contributed by atoms with Crippen molar-refractivity contribution in [2.24, 2.45) is 22.2 Å². The summed E-state index contributed by atoms with van der Waals surface area (Å²) in [5, 5.41) is 0. The van der Waals surface area contributed by atoms with Crippen LogP contribution in [0, 0.1) is 22.2 Å². The molecule has 0 aliphatic heterocycles. The Labute approximate surface area is 137 Å². The second kappa shape index (κ2) is 5.39. The van der Waals surface area contributed by atoms with Crippen molar-refractivity contribution >= 4 is 0 Å². The van der Waals surface area contributed by atoms with Gasteiger partial charge in [-0.1, -0.05) is 64.5 Å². The molecule has 0 radical (unpaired) electrons. The number of allylic oxidation sites excluding steroid dienone is 6. The fourth-order valence-electron chi connectivity index (χ4n) is 5.39. The topological polar surface area (TPSA) is 0 Å². The van der Waals surface area contributed by atoms with Crippen molar-refractivity contribution in [3.63, 3.8) is 0 Å². The molecule has 0 N–H and O–H groups in total. The molecule has 0 amide bonds. The molecule has 0 spiro atoms. The van der Waals surface area contributed by atoms with Crippen LogP contribution in [0.25, 0.3) is 0 Å². The molecule has 2 fully saturated rings. The third-order valence-corrected chi connectivity index (χ3v) is 7.55. The smallest absolute Gasteiger partial charge is 0.00416 e. The Morgan fingerprint density at radius 3 is 2.45 bits per heavy atom. The van der Waals surface area contributed by atoms with Gasteiger partial charge in [0.05, 0.1) is 0 Å². The van der Waals surface area contributed by atoms with Gasteiger partial charge in [0.1, 0.15) is 0 Å². The maximum Gasteiger partial charge on any atom is -0.00416 e. The summed E-state index contributed by atoms with van der Waals surface area (Å²) in [5.74, 6) is 0.762. The highest BCUT2D eigenvalue weighted by Gasteiger charge is 2.56. The van der Waals surface area contributed by atoms with Gasteiger partial charge in [0.15, 0.2) is 0 Å². The molecule has 0 aromatic heterocycles. The van der Waals surface area contributed by atoms with Crippen molar-refractivity contribution in [1.29, 1.82) is 0 Å². The van der Waals surface area contributed by atoms with E-state index in [0.29, 0.717) is 16.2 Å². The fraction of sp³-hybridized carbons (Fsp3) is 0.727. The molecule has 3 unspecified atom stereocenters. The number of rotatable bonds is 2. The quantitative estimate of drug-likeness (QED) is 0.489. The lowest BCUT2D eigenvalue weighted by molar-refractivity contribution is -0.0592. The molecule has 3 aliphatic carbocycles. The highest BCUT2D eigenvalue weighted by atomic mass is 14.6. The largest absolute Gasteiger partial charge is 0.0839 e. The minimum absolute atomic E-state index is 0.361. The molecule has 0 aromatic carbocycles. The summed E-state index contributed by atoms with van der Waals surface area (Å²) in [6, 6.07) is 0. The third-order valence-electron chi connectivity index (χ3n) is 7.55. The molecule has 22 heavy (non-hydrogen) atoms. The first kappa shape index (κ1) is 16.1. The maximum absolute atomic E-state index is 2.69. The third kappa shape index (κ3) is 2.25. The minimum atomic E-state index is 0.361. The predicted molar refractivity (Wildman–Crippen MR) is 96.8 cm³/mol. The molecular formula is C22H34. The van der Waals surface area contributed by atoms with E-state index in [0.717, 1.165) is 12.3 Å². The van der Waals surface area contributed by atoms with E-state index < -0.39 is 0 Å². The Balaban J connectivity index is 1.99. The van der Waals surface area contributed by atoms with Gasteiger partial charge in [0.25, 0.3) is 0 Å². The second-order valence-electron chi connectivity index (χ2n) is 8.97. The number of hydrogen-bond acceptors (Lipinski definition) is 0. The van der Waals surface area contributed by atoms with Gasteiger partial charge in [-0.2, -0.15) is 0 Å². The number of fused-ring (bicyclic) bond motifs is 1. The van der Waals surface area contributed by atoms with Gasteiger partial charge in [-0.25, -0.2) is 0 Å². The van der Waals surface area contributed by atoms with Gasteiger partial charge in [0, 0.05) is 0 Å². The van der Waals surface area contributed by atoms with Crippen LogP contribution in [0.2, 0.25) is 0 Å². The van der Waals surface area contributed by atoms with Gasteiger partial charge in [0.2, 0.25) is 0 Å². The molecular weight excluding hydrogens is 264 g/mol. The van der Waals surface area contributed by atoms with Gasteiger partial charge < -0.3 is 0 Å². The Morgan fingerprint density at radius 2 is 1.86 bits per heavy atom. The molecule has 3 atom stereocenters. The maximum atomic E-state index is 2.69. The molecule has 3 aliphatic rings. The standard InChI is InChI=1S/C22H34/c1-6-9-18-12-8-13-19-20(2,3)21(4,14-15-22(18,19)5)16-17-10-7-11-17/h8-9,12,16,19H,6-7,10-11,13-15H2,1-5H3. The van der Waals surface area contributed by atoms with E-state index in [1.807, 2.05) is 0 Å². The predicted octanol–water partition coefficient (Wildman–Crippen LogP) is 6.84. The van der Waals surface area contributed by atoms with Crippen LogP contribution < -0.4 is 0 Å². The highest BCUT2D eigenvalue weighted by Crippen LogP contribution is 2.65. The van der Waals surface area contributed by atoms with Gasteiger partial charge in [-0.3, -0.25) is 0 Å². The molecule has 0 heterocycles. The normalized spacial score (nSPS) is 42.0. The van der Waals surface area contributed by atoms with Gasteiger partial charge in [-0.05, 0) is 72.7 Å². The molecule has 0 saturated heterocycles. The van der Waals surface area contributed by atoms with E-state index in [4.69, 9.17) is 0 Å². The van der Waals surface area contributed by atoms with Crippen molar-refractivity contribution in [2.45, 2.75) is 79.6 Å². The van der Waals surface area contributed by atoms with Gasteiger partial charge >= 0.3 is 0 Å². The first-order valence-electron chi connectivity index (χ1n) is 9.41. The summed E-state index contributed by atoms with van der Waals surface area (Å²) >= 11 is 0. The van der Waals surface area contributed by atoms with Gasteiger partial charge in [-0.15, -0.1) is 0 Å². The molecule has 3 rings (SSSR count). The Hall–Kier alpha value is -0.780. The lowest BCUT2D eigenvalue weighted by Crippen LogP contribution is -2.53. The van der Waals surface area contributed by atoms with Crippen LogP contribution in [0.3, 0.4) is 0 Å². The second-order valence-corrected chi connectivity index (χ2v) is 8.97. The molecule has 122 valence electrons. The summed E-state index contributed by atoms with van der Waals surface area (Å²) in [6.07, 6.45) is 19.2. The zero-order chi connectivity index (χ0) is 16.0. The Bertz CT molecular complexity index is 524. The first-order chi connectivity index (χ1) is 10.3. The van der Waals surface area contributed by atoms with Crippen LogP contribution in [0.4, 0.5) is 0 Å². The van der Waals surface area contributed by atoms with Crippen molar-refractivity contribution < 1.29 is 0 Å². The van der Waals surface area contributed by atoms with Crippen molar-refractivity contribution in [1.82, 2.24) is 0 Å². The lowest BCUT2D eigenvalue weighted by Gasteiger charge is -2.61. The van der Waals surface area contributed by atoms with E-state index in [9.17, 15) is 0 Å². The summed E-state index contributed by atoms with van der Waals surface area (Å²) in [7, 11) is 0. The van der Waals surface area contributed by atoms with Crippen LogP contribution >= 0.6 is 0 Å².